The number of halogens is 2. The summed E-state index contributed by atoms with van der Waals surface area (Å²) in [4.78, 5) is 43.6. The highest BCUT2D eigenvalue weighted by molar-refractivity contribution is 6.30. The highest BCUT2D eigenvalue weighted by atomic mass is 35.5. The molecule has 0 radical (unpaired) electrons. The number of Topliss-reactive ketones (excluding diaryl/α,β-unsaturated/α-hetero) is 1. The number of aromatic carboxylic acids is 1. The predicted octanol–water partition coefficient (Wildman–Crippen LogP) is 5.11. The zero-order chi connectivity index (χ0) is 32.5. The summed E-state index contributed by atoms with van der Waals surface area (Å²) in [5.74, 6) is -2.62. The van der Waals surface area contributed by atoms with Crippen molar-refractivity contribution in [2.24, 2.45) is 0 Å². The SMILES string of the molecule is COC1CCN(c2cccc3c2CCN(C(=O)c2cnn(-c4cccc(Cl)c4F)c2N)C3C(=O)Cc2ccc(C(=O)O)cc2)CC1. The normalized spacial score (nSPS) is 16.7. The number of carbonyl (C=O) groups is 3. The van der Waals surface area contributed by atoms with E-state index in [0.717, 1.165) is 47.4 Å². The highest BCUT2D eigenvalue weighted by Gasteiger charge is 2.39. The van der Waals surface area contributed by atoms with Gasteiger partial charge >= 0.3 is 5.97 Å². The number of rotatable bonds is 8. The zero-order valence-electron chi connectivity index (χ0n) is 25.2. The summed E-state index contributed by atoms with van der Waals surface area (Å²) < 4.78 is 21.5. The average molecular weight is 646 g/mol. The first-order valence-electron chi connectivity index (χ1n) is 15.0. The Morgan fingerprint density at radius 2 is 1.72 bits per heavy atom. The molecule has 4 aromatic rings. The van der Waals surface area contributed by atoms with Gasteiger partial charge in [-0.3, -0.25) is 9.59 Å². The lowest BCUT2D eigenvalue weighted by Gasteiger charge is -2.40. The summed E-state index contributed by atoms with van der Waals surface area (Å²) in [6, 6.07) is 15.4. The van der Waals surface area contributed by atoms with Gasteiger partial charge in [0.05, 0.1) is 22.9 Å². The molecular weight excluding hydrogens is 613 g/mol. The second kappa shape index (κ2) is 12.9. The van der Waals surface area contributed by atoms with Crippen molar-refractivity contribution in [3.05, 3.63) is 106 Å². The third-order valence-electron chi connectivity index (χ3n) is 8.85. The van der Waals surface area contributed by atoms with Gasteiger partial charge in [0.2, 0.25) is 0 Å². The maximum atomic E-state index is 14.8. The predicted molar refractivity (Wildman–Crippen MR) is 171 cm³/mol. The van der Waals surface area contributed by atoms with Crippen LogP contribution in [-0.4, -0.2) is 70.3 Å². The van der Waals surface area contributed by atoms with E-state index in [-0.39, 0.29) is 52.5 Å². The van der Waals surface area contributed by atoms with Crippen molar-refractivity contribution in [2.75, 3.05) is 37.4 Å². The first-order chi connectivity index (χ1) is 22.2. The highest BCUT2D eigenvalue weighted by Crippen LogP contribution is 2.39. The van der Waals surface area contributed by atoms with Crippen LogP contribution in [0.2, 0.25) is 5.02 Å². The number of aromatic nitrogens is 2. The van der Waals surface area contributed by atoms with Crippen LogP contribution in [-0.2, 0) is 22.4 Å². The topological polar surface area (TPSA) is 131 Å². The van der Waals surface area contributed by atoms with Crippen molar-refractivity contribution < 1.29 is 28.6 Å². The van der Waals surface area contributed by atoms with Gasteiger partial charge in [0.25, 0.3) is 5.91 Å². The van der Waals surface area contributed by atoms with Crippen LogP contribution in [0.3, 0.4) is 0 Å². The molecule has 1 unspecified atom stereocenters. The Kier molecular flexibility index (Phi) is 8.79. The number of nitrogens with two attached hydrogens (primary N) is 1. The van der Waals surface area contributed by atoms with Crippen molar-refractivity contribution in [2.45, 2.75) is 37.8 Å². The summed E-state index contributed by atoms with van der Waals surface area (Å²) in [7, 11) is 1.73. The van der Waals surface area contributed by atoms with E-state index in [2.05, 4.69) is 16.1 Å². The molecule has 10 nitrogen and oxygen atoms in total. The number of hydrogen-bond acceptors (Lipinski definition) is 7. The van der Waals surface area contributed by atoms with Crippen LogP contribution < -0.4 is 10.6 Å². The molecule has 3 N–H and O–H groups in total. The van der Waals surface area contributed by atoms with E-state index in [1.165, 1.54) is 35.4 Å². The first-order valence-corrected chi connectivity index (χ1v) is 15.4. The molecule has 46 heavy (non-hydrogen) atoms. The fraction of sp³-hybridized carbons (Fsp3) is 0.294. The molecule has 6 rings (SSSR count). The minimum atomic E-state index is -1.06. The molecule has 12 heteroatoms. The van der Waals surface area contributed by atoms with E-state index in [1.807, 2.05) is 12.1 Å². The van der Waals surface area contributed by atoms with Gasteiger partial charge in [0.1, 0.15) is 23.1 Å². The number of hydrogen-bond donors (Lipinski definition) is 2. The van der Waals surface area contributed by atoms with Gasteiger partial charge in [-0.15, -0.1) is 0 Å². The average Bonchev–Trinajstić information content (AvgIpc) is 3.45. The Labute approximate surface area is 270 Å². The number of nitrogen functional groups attached to an aromatic ring is 1. The molecule has 1 amide bonds. The van der Waals surface area contributed by atoms with E-state index in [9.17, 15) is 23.9 Å². The van der Waals surface area contributed by atoms with E-state index in [1.54, 1.807) is 25.3 Å². The van der Waals surface area contributed by atoms with Gasteiger partial charge in [0.15, 0.2) is 11.6 Å². The number of carboxylic acid groups (broad SMARTS) is 1. The van der Waals surface area contributed by atoms with E-state index in [4.69, 9.17) is 22.1 Å². The maximum absolute atomic E-state index is 14.8. The second-order valence-electron chi connectivity index (χ2n) is 11.5. The number of fused-ring (bicyclic) bond motifs is 1. The molecule has 1 aromatic heterocycles. The number of methoxy groups -OCH3 is 1. The number of piperidine rings is 1. The van der Waals surface area contributed by atoms with Gasteiger partial charge in [0, 0.05) is 38.9 Å². The molecule has 3 heterocycles. The van der Waals surface area contributed by atoms with Crippen LogP contribution in [0, 0.1) is 5.82 Å². The fourth-order valence-corrected chi connectivity index (χ4v) is 6.60. The van der Waals surface area contributed by atoms with Gasteiger partial charge in [-0.05, 0) is 66.3 Å². The van der Waals surface area contributed by atoms with Crippen molar-refractivity contribution >= 4 is 40.8 Å². The van der Waals surface area contributed by atoms with Crippen LogP contribution >= 0.6 is 11.6 Å². The number of carboxylic acids is 1. The maximum Gasteiger partial charge on any atom is 0.335 e. The monoisotopic (exact) mass is 645 g/mol. The number of carbonyl (C=O) groups excluding carboxylic acids is 2. The molecule has 2 aliphatic rings. The molecule has 0 saturated carbocycles. The molecule has 1 atom stereocenters. The third kappa shape index (κ3) is 5.83. The van der Waals surface area contributed by atoms with E-state index < -0.39 is 23.7 Å². The summed E-state index contributed by atoms with van der Waals surface area (Å²) in [5.41, 5.74) is 9.90. The molecule has 0 aliphatic carbocycles. The Morgan fingerprint density at radius 3 is 2.41 bits per heavy atom. The molecule has 0 spiro atoms. The Balaban J connectivity index is 1.37. The molecule has 1 fully saturated rings. The van der Waals surface area contributed by atoms with Gasteiger partial charge in [-0.25, -0.2) is 13.9 Å². The lowest BCUT2D eigenvalue weighted by atomic mass is 9.86. The largest absolute Gasteiger partial charge is 0.478 e. The van der Waals surface area contributed by atoms with Crippen molar-refractivity contribution in [1.29, 1.82) is 0 Å². The molecule has 1 saturated heterocycles. The molecular formula is C34H33ClFN5O5. The molecule has 0 bridgehead atoms. The number of benzene rings is 3. The lowest BCUT2D eigenvalue weighted by molar-refractivity contribution is -0.123. The standard InChI is InChI=1S/C34H33ClFN5O5/c1-46-22-12-15-39(16-13-22)27-6-2-4-24-23(27)14-17-40(31(24)29(42)18-20-8-10-21(11-9-20)34(44)45)33(43)25-19-38-41(32(25)37)28-7-3-5-26(35)30(28)36/h2-11,19,22,31H,12-18,37H2,1H3,(H,44,45). The quantitative estimate of drug-likeness (QED) is 0.270. The summed E-state index contributed by atoms with van der Waals surface area (Å²) >= 11 is 5.97. The van der Waals surface area contributed by atoms with Gasteiger partial charge < -0.3 is 25.4 Å². The minimum Gasteiger partial charge on any atom is -0.478 e. The van der Waals surface area contributed by atoms with Crippen molar-refractivity contribution in [3.8, 4) is 5.69 Å². The Bertz CT molecular complexity index is 1800. The van der Waals surface area contributed by atoms with Crippen LogP contribution in [0.25, 0.3) is 5.69 Å². The molecule has 3 aromatic carbocycles. The van der Waals surface area contributed by atoms with Crippen molar-refractivity contribution in [1.82, 2.24) is 14.7 Å². The number of amides is 1. The minimum absolute atomic E-state index is 0.00707. The van der Waals surface area contributed by atoms with Crippen LogP contribution in [0.15, 0.2) is 66.9 Å². The molecule has 2 aliphatic heterocycles. The Hall–Kier alpha value is -4.74. The third-order valence-corrected chi connectivity index (χ3v) is 9.15. The van der Waals surface area contributed by atoms with E-state index in [0.29, 0.717) is 12.0 Å². The fourth-order valence-electron chi connectivity index (χ4n) is 6.43. The number of ether oxygens (including phenoxy) is 1. The molecule has 238 valence electrons. The second-order valence-corrected chi connectivity index (χ2v) is 11.9. The Morgan fingerprint density at radius 1 is 1.02 bits per heavy atom. The van der Waals surface area contributed by atoms with Gasteiger partial charge in [-0.1, -0.05) is 41.9 Å². The number of nitrogens with zero attached hydrogens (tertiary/aromatic N) is 4. The van der Waals surface area contributed by atoms with Crippen molar-refractivity contribution in [3.63, 3.8) is 0 Å². The van der Waals surface area contributed by atoms with Crippen LogP contribution in [0.5, 0.6) is 0 Å². The summed E-state index contributed by atoms with van der Waals surface area (Å²) in [6.07, 6.45) is 3.73. The first kappa shape index (κ1) is 31.3. The van der Waals surface area contributed by atoms with Gasteiger partial charge in [-0.2, -0.15) is 5.10 Å². The summed E-state index contributed by atoms with van der Waals surface area (Å²) in [5, 5.41) is 13.4. The zero-order valence-corrected chi connectivity index (χ0v) is 25.9. The summed E-state index contributed by atoms with van der Waals surface area (Å²) in [6.45, 7) is 1.85. The van der Waals surface area contributed by atoms with Crippen LogP contribution in [0.4, 0.5) is 15.9 Å². The van der Waals surface area contributed by atoms with Crippen LogP contribution in [0.1, 0.15) is 56.3 Å². The van der Waals surface area contributed by atoms with E-state index >= 15 is 0 Å². The number of anilines is 2. The smallest absolute Gasteiger partial charge is 0.335 e. The number of ketones is 1. The lowest BCUT2D eigenvalue weighted by Crippen LogP contribution is -2.45.